The second-order valence-corrected chi connectivity index (χ2v) is 9.34. The van der Waals surface area contributed by atoms with E-state index in [1.807, 2.05) is 42.2 Å². The number of carbonyl (C=O) groups is 1. The smallest absolute Gasteiger partial charge is 0.348 e. The maximum absolute atomic E-state index is 12.9. The molecule has 1 fully saturated rings. The maximum atomic E-state index is 12.9. The Balaban J connectivity index is 1.56. The second-order valence-electron chi connectivity index (χ2n) is 7.41. The van der Waals surface area contributed by atoms with E-state index in [1.165, 1.54) is 0 Å². The Kier molecular flexibility index (Phi) is 7.03. The molecule has 0 aromatic heterocycles. The van der Waals surface area contributed by atoms with Crippen LogP contribution in [0.4, 0.5) is 13.2 Å². The van der Waals surface area contributed by atoms with Gasteiger partial charge in [-0.2, -0.15) is 17.5 Å². The van der Waals surface area contributed by atoms with Crippen LogP contribution in [0.25, 0.3) is 0 Å². The highest BCUT2D eigenvalue weighted by atomic mass is 32.2. The number of hydrogen-bond acceptors (Lipinski definition) is 4. The number of nitrogens with one attached hydrogen (secondary N) is 1. The third kappa shape index (κ3) is 5.84. The van der Waals surface area contributed by atoms with Crippen LogP contribution in [0.3, 0.4) is 0 Å². The lowest BCUT2D eigenvalue weighted by Gasteiger charge is -2.33. The van der Waals surface area contributed by atoms with Gasteiger partial charge in [-0.3, -0.25) is 9.69 Å². The zero-order valence-electron chi connectivity index (χ0n) is 17.0. The lowest BCUT2D eigenvalue weighted by atomic mass is 10.1. The zero-order valence-corrected chi connectivity index (χ0v) is 17.8. The molecule has 1 aliphatic heterocycles. The topological polar surface area (TPSA) is 69.7 Å². The minimum absolute atomic E-state index is 0.0973. The van der Waals surface area contributed by atoms with Gasteiger partial charge in [-0.25, -0.2) is 8.42 Å². The third-order valence-electron chi connectivity index (χ3n) is 5.17. The summed E-state index contributed by atoms with van der Waals surface area (Å²) in [4.78, 5) is 13.8. The molecule has 2 aromatic rings. The zero-order chi connectivity index (χ0) is 22.6. The molecule has 1 amide bonds. The summed E-state index contributed by atoms with van der Waals surface area (Å²) in [6, 6.07) is 13.1. The van der Waals surface area contributed by atoms with E-state index in [0.29, 0.717) is 19.2 Å². The molecule has 2 aromatic carbocycles. The van der Waals surface area contributed by atoms with Gasteiger partial charge in [0.05, 0.1) is 23.0 Å². The van der Waals surface area contributed by atoms with Gasteiger partial charge in [0.25, 0.3) is 0 Å². The molecule has 0 saturated carbocycles. The molecule has 10 heteroatoms. The average molecular weight is 456 g/mol. The highest BCUT2D eigenvalue weighted by Gasteiger charge is 2.34. The molecule has 0 aliphatic carbocycles. The van der Waals surface area contributed by atoms with E-state index in [0.717, 1.165) is 28.1 Å². The van der Waals surface area contributed by atoms with Crippen molar-refractivity contribution in [1.82, 2.24) is 14.5 Å². The first-order valence-electron chi connectivity index (χ1n) is 9.81. The van der Waals surface area contributed by atoms with Gasteiger partial charge in [0.15, 0.2) is 0 Å². The molecule has 0 spiro atoms. The van der Waals surface area contributed by atoms with Crippen LogP contribution in [0, 0.1) is 0 Å². The van der Waals surface area contributed by atoms with Gasteiger partial charge in [0.2, 0.25) is 15.9 Å². The number of hydrogen-bond donors (Lipinski definition) is 1. The average Bonchev–Trinajstić information content (AvgIpc) is 2.74. The van der Waals surface area contributed by atoms with Crippen LogP contribution in [0.15, 0.2) is 59.5 Å². The molecule has 0 unspecified atom stereocenters. The Labute approximate surface area is 179 Å². The van der Waals surface area contributed by atoms with E-state index in [4.69, 9.17) is 0 Å². The van der Waals surface area contributed by atoms with Gasteiger partial charge in [-0.05, 0) is 30.7 Å². The number of carbonyl (C=O) groups excluding carboxylic acids is 1. The van der Waals surface area contributed by atoms with Crippen molar-refractivity contribution in [2.75, 3.05) is 32.7 Å². The van der Waals surface area contributed by atoms with E-state index in [-0.39, 0.29) is 36.5 Å². The Morgan fingerprint density at radius 2 is 1.68 bits per heavy atom. The third-order valence-corrected chi connectivity index (χ3v) is 7.07. The molecule has 6 nitrogen and oxygen atoms in total. The monoisotopic (exact) mass is 455 g/mol. The lowest BCUT2D eigenvalue weighted by Crippen LogP contribution is -2.51. The first-order chi connectivity index (χ1) is 14.6. The minimum Gasteiger partial charge on any atom is -0.348 e. The second kappa shape index (κ2) is 9.37. The molecular weight excluding hydrogens is 431 g/mol. The standard InChI is InChI=1S/C21H24F3N3O3S/c1-16(17-6-3-2-4-7-17)25-20(28)15-26-10-12-27(13-11-26)31(29,30)19-9-5-8-18(14-19)21(22,23)24/h2-9,14,16H,10-13,15H2,1H3,(H,25,28)/t16-/m1/s1. The number of alkyl halides is 3. The number of sulfonamides is 1. The molecule has 1 N–H and O–H groups in total. The Morgan fingerprint density at radius 3 is 2.29 bits per heavy atom. The molecular formula is C21H24F3N3O3S. The van der Waals surface area contributed by atoms with E-state index < -0.39 is 21.8 Å². The summed E-state index contributed by atoms with van der Waals surface area (Å²) in [5, 5.41) is 2.91. The molecule has 0 radical (unpaired) electrons. The minimum atomic E-state index is -4.62. The Hall–Kier alpha value is -2.43. The van der Waals surface area contributed by atoms with Crippen molar-refractivity contribution in [1.29, 1.82) is 0 Å². The molecule has 1 atom stereocenters. The fourth-order valence-electron chi connectivity index (χ4n) is 3.43. The summed E-state index contributed by atoms with van der Waals surface area (Å²) in [6.45, 7) is 2.82. The fraction of sp³-hybridized carbons (Fsp3) is 0.381. The molecule has 1 heterocycles. The molecule has 0 bridgehead atoms. The highest BCUT2D eigenvalue weighted by Crippen LogP contribution is 2.31. The van der Waals surface area contributed by atoms with Crippen LogP contribution in [0.1, 0.15) is 24.1 Å². The van der Waals surface area contributed by atoms with Crippen LogP contribution in [-0.2, 0) is 21.0 Å². The first kappa shape index (κ1) is 23.2. The molecule has 3 rings (SSSR count). The summed E-state index contributed by atoms with van der Waals surface area (Å²) in [7, 11) is -4.05. The summed E-state index contributed by atoms with van der Waals surface area (Å²) in [5.74, 6) is -0.175. The van der Waals surface area contributed by atoms with E-state index in [2.05, 4.69) is 5.32 Å². The van der Waals surface area contributed by atoms with Crippen molar-refractivity contribution in [2.24, 2.45) is 0 Å². The van der Waals surface area contributed by atoms with Gasteiger partial charge in [0.1, 0.15) is 0 Å². The SMILES string of the molecule is C[C@@H](NC(=O)CN1CCN(S(=O)(=O)c2cccc(C(F)(F)F)c2)CC1)c1ccccc1. The molecule has 1 aliphatic rings. The van der Waals surface area contributed by atoms with E-state index in [9.17, 15) is 26.4 Å². The summed E-state index contributed by atoms with van der Waals surface area (Å²) < 4.78 is 65.4. The van der Waals surface area contributed by atoms with Gasteiger partial charge < -0.3 is 5.32 Å². The van der Waals surface area contributed by atoms with Crippen molar-refractivity contribution in [3.8, 4) is 0 Å². The summed E-state index contributed by atoms with van der Waals surface area (Å²) in [6.07, 6.45) is -4.62. The van der Waals surface area contributed by atoms with Crippen LogP contribution in [0.5, 0.6) is 0 Å². The number of nitrogens with zero attached hydrogens (tertiary/aromatic N) is 2. The van der Waals surface area contributed by atoms with Crippen molar-refractivity contribution >= 4 is 15.9 Å². The van der Waals surface area contributed by atoms with Gasteiger partial charge >= 0.3 is 6.18 Å². The fourth-order valence-corrected chi connectivity index (χ4v) is 4.89. The number of amides is 1. The van der Waals surface area contributed by atoms with Gasteiger partial charge in [-0.1, -0.05) is 36.4 Å². The van der Waals surface area contributed by atoms with Crippen LogP contribution >= 0.6 is 0 Å². The number of rotatable bonds is 6. The van der Waals surface area contributed by atoms with Crippen molar-refractivity contribution in [3.05, 3.63) is 65.7 Å². The highest BCUT2D eigenvalue weighted by molar-refractivity contribution is 7.89. The van der Waals surface area contributed by atoms with E-state index >= 15 is 0 Å². The van der Waals surface area contributed by atoms with Gasteiger partial charge in [-0.15, -0.1) is 0 Å². The molecule has 31 heavy (non-hydrogen) atoms. The number of benzene rings is 2. The Morgan fingerprint density at radius 1 is 1.03 bits per heavy atom. The largest absolute Gasteiger partial charge is 0.416 e. The van der Waals surface area contributed by atoms with Crippen molar-refractivity contribution in [3.63, 3.8) is 0 Å². The normalized spacial score (nSPS) is 17.3. The van der Waals surface area contributed by atoms with Crippen molar-refractivity contribution < 1.29 is 26.4 Å². The van der Waals surface area contributed by atoms with Crippen LogP contribution in [0.2, 0.25) is 0 Å². The van der Waals surface area contributed by atoms with E-state index in [1.54, 1.807) is 0 Å². The first-order valence-corrected chi connectivity index (χ1v) is 11.3. The predicted molar refractivity (Wildman–Crippen MR) is 110 cm³/mol. The van der Waals surface area contributed by atoms with Crippen molar-refractivity contribution in [2.45, 2.75) is 24.0 Å². The Bertz CT molecular complexity index is 1010. The number of halogens is 3. The number of piperazine rings is 1. The maximum Gasteiger partial charge on any atom is 0.416 e. The summed E-state index contributed by atoms with van der Waals surface area (Å²) in [5.41, 5.74) is -0.0238. The quantitative estimate of drug-likeness (QED) is 0.727. The lowest BCUT2D eigenvalue weighted by molar-refractivity contribution is -0.137. The molecule has 1 saturated heterocycles. The summed E-state index contributed by atoms with van der Waals surface area (Å²) >= 11 is 0. The molecule has 168 valence electrons. The predicted octanol–water partition coefficient (Wildman–Crippen LogP) is 2.89. The van der Waals surface area contributed by atoms with Crippen LogP contribution < -0.4 is 5.32 Å². The van der Waals surface area contributed by atoms with Crippen LogP contribution in [-0.4, -0.2) is 56.3 Å². The van der Waals surface area contributed by atoms with Gasteiger partial charge in [0, 0.05) is 26.2 Å².